The summed E-state index contributed by atoms with van der Waals surface area (Å²) in [5, 5.41) is 7.20. The highest BCUT2D eigenvalue weighted by Crippen LogP contribution is 2.52. The number of nitrogens with one attached hydrogen (secondary N) is 2. The van der Waals surface area contributed by atoms with Crippen molar-refractivity contribution in [2.24, 2.45) is 16.3 Å². The molecule has 0 aromatic heterocycles. The van der Waals surface area contributed by atoms with Crippen molar-refractivity contribution in [3.05, 3.63) is 35.9 Å². The van der Waals surface area contributed by atoms with Gasteiger partial charge in [-0.05, 0) is 31.7 Å². The Bertz CT molecular complexity index is 570. The lowest BCUT2D eigenvalue weighted by molar-refractivity contribution is -0.106. The van der Waals surface area contributed by atoms with Gasteiger partial charge in [0.1, 0.15) is 0 Å². The number of rotatable bonds is 5. The van der Waals surface area contributed by atoms with Gasteiger partial charge in [-0.2, -0.15) is 0 Å². The molecule has 0 bridgehead atoms. The van der Waals surface area contributed by atoms with Crippen LogP contribution in [0.2, 0.25) is 0 Å². The molecule has 2 fully saturated rings. The van der Waals surface area contributed by atoms with Crippen molar-refractivity contribution < 1.29 is 4.74 Å². The van der Waals surface area contributed by atoms with E-state index in [-0.39, 0.29) is 5.41 Å². The first-order chi connectivity index (χ1) is 11.5. The quantitative estimate of drug-likeness (QED) is 0.645. The van der Waals surface area contributed by atoms with Crippen LogP contribution in [0.25, 0.3) is 0 Å². The average molecular weight is 329 g/mol. The molecule has 4 unspecified atom stereocenters. The smallest absolute Gasteiger partial charge is 0.191 e. The summed E-state index contributed by atoms with van der Waals surface area (Å²) in [6, 6.07) is 11.5. The molecule has 1 saturated heterocycles. The summed E-state index contributed by atoms with van der Waals surface area (Å²) in [6.07, 6.45) is 3.74. The first-order valence-corrected chi connectivity index (χ1v) is 9.17. The fourth-order valence-electron chi connectivity index (χ4n) is 4.27. The van der Waals surface area contributed by atoms with Crippen LogP contribution in [0, 0.1) is 11.3 Å². The number of guanidine groups is 1. The normalized spacial score (nSPS) is 29.5. The van der Waals surface area contributed by atoms with E-state index in [1.165, 1.54) is 5.56 Å². The van der Waals surface area contributed by atoms with Crippen LogP contribution in [0.1, 0.15) is 39.2 Å². The van der Waals surface area contributed by atoms with Crippen molar-refractivity contribution in [3.63, 3.8) is 0 Å². The summed E-state index contributed by atoms with van der Waals surface area (Å²) in [5.41, 5.74) is 1.56. The highest BCUT2D eigenvalue weighted by Gasteiger charge is 2.59. The number of aliphatic imine (C=N–C) groups is 1. The van der Waals surface area contributed by atoms with Gasteiger partial charge < -0.3 is 15.4 Å². The third kappa shape index (κ3) is 3.44. The van der Waals surface area contributed by atoms with Crippen LogP contribution in [-0.4, -0.2) is 37.8 Å². The molecule has 2 N–H and O–H groups in total. The van der Waals surface area contributed by atoms with E-state index in [4.69, 9.17) is 4.74 Å². The highest BCUT2D eigenvalue weighted by atomic mass is 16.5. The minimum Gasteiger partial charge on any atom is -0.377 e. The molecule has 24 heavy (non-hydrogen) atoms. The van der Waals surface area contributed by atoms with Crippen LogP contribution in [0.3, 0.4) is 0 Å². The molecule has 1 heterocycles. The summed E-state index contributed by atoms with van der Waals surface area (Å²) in [7, 11) is 1.85. The standard InChI is InChI=1S/C20H31N3O/c1-14(10-11-15-8-6-5-7-9-15)22-19(21-4)23-17-16-12-13-24-18(16)20(17,2)3/h5-9,14,16-18H,10-13H2,1-4H3,(H2,21,22,23). The molecule has 4 nitrogen and oxygen atoms in total. The topological polar surface area (TPSA) is 45.7 Å². The SMILES string of the molecule is CN=C(NC(C)CCc1ccccc1)NC1C2CCOC2C1(C)C. The molecule has 1 aliphatic carbocycles. The van der Waals surface area contributed by atoms with Crippen LogP contribution in [0.4, 0.5) is 0 Å². The van der Waals surface area contributed by atoms with Crippen molar-refractivity contribution in [1.82, 2.24) is 10.6 Å². The zero-order chi connectivity index (χ0) is 17.2. The van der Waals surface area contributed by atoms with E-state index >= 15 is 0 Å². The fourth-order valence-corrected chi connectivity index (χ4v) is 4.27. The van der Waals surface area contributed by atoms with Crippen molar-refractivity contribution in [2.75, 3.05) is 13.7 Å². The van der Waals surface area contributed by atoms with Gasteiger partial charge in [0, 0.05) is 37.1 Å². The number of ether oxygens (including phenoxy) is 1. The molecular formula is C20H31N3O. The zero-order valence-electron chi connectivity index (χ0n) is 15.4. The van der Waals surface area contributed by atoms with Gasteiger partial charge >= 0.3 is 0 Å². The molecule has 3 rings (SSSR count). The second kappa shape index (κ2) is 7.14. The lowest BCUT2D eigenvalue weighted by Crippen LogP contribution is -2.68. The average Bonchev–Trinajstić information content (AvgIpc) is 3.04. The van der Waals surface area contributed by atoms with Crippen LogP contribution < -0.4 is 10.6 Å². The Labute approximate surface area is 146 Å². The molecule has 0 spiro atoms. The van der Waals surface area contributed by atoms with Gasteiger partial charge in [0.15, 0.2) is 5.96 Å². The van der Waals surface area contributed by atoms with Crippen molar-refractivity contribution in [1.29, 1.82) is 0 Å². The highest BCUT2D eigenvalue weighted by molar-refractivity contribution is 5.80. The second-order valence-electron chi connectivity index (χ2n) is 7.83. The summed E-state index contributed by atoms with van der Waals surface area (Å²) in [4.78, 5) is 4.44. The minimum atomic E-state index is 0.173. The van der Waals surface area contributed by atoms with Crippen molar-refractivity contribution >= 4 is 5.96 Å². The van der Waals surface area contributed by atoms with Crippen LogP contribution >= 0.6 is 0 Å². The Kier molecular flexibility index (Phi) is 5.14. The molecule has 0 radical (unpaired) electrons. The Morgan fingerprint density at radius 1 is 1.33 bits per heavy atom. The number of fused-ring (bicyclic) bond motifs is 1. The first kappa shape index (κ1) is 17.3. The summed E-state index contributed by atoms with van der Waals surface area (Å²) in [5.74, 6) is 1.54. The van der Waals surface area contributed by atoms with E-state index in [0.29, 0.717) is 24.1 Å². The molecule has 1 aliphatic heterocycles. The van der Waals surface area contributed by atoms with E-state index in [2.05, 4.69) is 66.7 Å². The Morgan fingerprint density at radius 3 is 2.79 bits per heavy atom. The number of benzene rings is 1. The molecule has 1 saturated carbocycles. The largest absolute Gasteiger partial charge is 0.377 e. The van der Waals surface area contributed by atoms with Gasteiger partial charge in [-0.15, -0.1) is 0 Å². The van der Waals surface area contributed by atoms with Crippen LogP contribution in [0.15, 0.2) is 35.3 Å². The number of hydrogen-bond donors (Lipinski definition) is 2. The van der Waals surface area contributed by atoms with Gasteiger partial charge in [-0.1, -0.05) is 44.2 Å². The number of aryl methyl sites for hydroxylation is 1. The van der Waals surface area contributed by atoms with E-state index in [9.17, 15) is 0 Å². The van der Waals surface area contributed by atoms with Gasteiger partial charge in [-0.25, -0.2) is 0 Å². The third-order valence-corrected chi connectivity index (χ3v) is 5.71. The number of nitrogens with zero attached hydrogens (tertiary/aromatic N) is 1. The molecule has 1 aromatic rings. The molecule has 0 amide bonds. The Balaban J connectivity index is 1.50. The Morgan fingerprint density at radius 2 is 2.08 bits per heavy atom. The number of hydrogen-bond acceptors (Lipinski definition) is 2. The van der Waals surface area contributed by atoms with E-state index in [1.807, 2.05) is 7.05 Å². The van der Waals surface area contributed by atoms with Gasteiger partial charge in [0.25, 0.3) is 0 Å². The molecule has 1 aromatic carbocycles. The predicted molar refractivity (Wildman–Crippen MR) is 99.3 cm³/mol. The van der Waals surface area contributed by atoms with E-state index in [0.717, 1.165) is 31.8 Å². The van der Waals surface area contributed by atoms with Gasteiger partial charge in [-0.3, -0.25) is 4.99 Å². The maximum absolute atomic E-state index is 5.88. The Hall–Kier alpha value is -1.55. The van der Waals surface area contributed by atoms with Gasteiger partial charge in [0.05, 0.1) is 6.10 Å². The fraction of sp³-hybridized carbons (Fsp3) is 0.650. The van der Waals surface area contributed by atoms with Crippen molar-refractivity contribution in [2.45, 2.75) is 58.2 Å². The molecule has 2 aliphatic rings. The summed E-state index contributed by atoms with van der Waals surface area (Å²) < 4.78 is 5.88. The second-order valence-corrected chi connectivity index (χ2v) is 7.83. The molecule has 4 heteroatoms. The van der Waals surface area contributed by atoms with E-state index in [1.54, 1.807) is 0 Å². The van der Waals surface area contributed by atoms with Crippen molar-refractivity contribution in [3.8, 4) is 0 Å². The van der Waals surface area contributed by atoms with Crippen LogP contribution in [0.5, 0.6) is 0 Å². The lowest BCUT2D eigenvalue weighted by atomic mass is 9.57. The van der Waals surface area contributed by atoms with Crippen LogP contribution in [-0.2, 0) is 11.2 Å². The first-order valence-electron chi connectivity index (χ1n) is 9.17. The monoisotopic (exact) mass is 329 g/mol. The maximum Gasteiger partial charge on any atom is 0.191 e. The third-order valence-electron chi connectivity index (χ3n) is 5.71. The lowest BCUT2D eigenvalue weighted by Gasteiger charge is -2.55. The molecule has 4 atom stereocenters. The predicted octanol–water partition coefficient (Wildman–Crippen LogP) is 2.99. The summed E-state index contributed by atoms with van der Waals surface area (Å²) in [6.45, 7) is 7.71. The van der Waals surface area contributed by atoms with E-state index < -0.39 is 0 Å². The molecule has 132 valence electrons. The minimum absolute atomic E-state index is 0.173. The maximum atomic E-state index is 5.88. The van der Waals surface area contributed by atoms with Gasteiger partial charge in [0.2, 0.25) is 0 Å². The molecular weight excluding hydrogens is 298 g/mol. The zero-order valence-corrected chi connectivity index (χ0v) is 15.4. The summed E-state index contributed by atoms with van der Waals surface area (Å²) >= 11 is 0.